The quantitative estimate of drug-likeness (QED) is 0.632. The number of phenolic OH excluding ortho intramolecular Hbond substituents is 2. The van der Waals surface area contributed by atoms with E-state index in [9.17, 15) is 9.90 Å². The van der Waals surface area contributed by atoms with Gasteiger partial charge in [0.2, 0.25) is 5.91 Å². The zero-order valence-corrected chi connectivity index (χ0v) is 10.9. The second kappa shape index (κ2) is 6.26. The summed E-state index contributed by atoms with van der Waals surface area (Å²) in [5.41, 5.74) is 0.636. The number of phenols is 2. The molecule has 4 N–H and O–H groups in total. The minimum absolute atomic E-state index is 0.0129. The highest BCUT2D eigenvalue weighted by Gasteiger charge is 2.13. The van der Waals surface area contributed by atoms with Crippen LogP contribution in [-0.2, 0) is 11.3 Å². The highest BCUT2D eigenvalue weighted by molar-refractivity contribution is 5.81. The molecule has 18 heavy (non-hydrogen) atoms. The first-order valence-corrected chi connectivity index (χ1v) is 5.94. The Hall–Kier alpha value is -1.75. The molecule has 100 valence electrons. The zero-order valence-electron chi connectivity index (χ0n) is 10.9. The molecule has 0 fully saturated rings. The average molecular weight is 252 g/mol. The number of carbonyl (C=O) groups is 1. The number of hydrogen-bond donors (Lipinski definition) is 4. The van der Waals surface area contributed by atoms with E-state index in [-0.39, 0.29) is 29.5 Å². The van der Waals surface area contributed by atoms with Crippen LogP contribution in [0.2, 0.25) is 0 Å². The van der Waals surface area contributed by atoms with Gasteiger partial charge in [0.25, 0.3) is 0 Å². The molecule has 0 aliphatic heterocycles. The van der Waals surface area contributed by atoms with E-state index in [4.69, 9.17) is 5.11 Å². The predicted molar refractivity (Wildman–Crippen MR) is 69.4 cm³/mol. The second-order valence-electron chi connectivity index (χ2n) is 4.58. The molecule has 1 rings (SSSR count). The van der Waals surface area contributed by atoms with E-state index in [1.54, 1.807) is 13.0 Å². The summed E-state index contributed by atoms with van der Waals surface area (Å²) in [6.07, 6.45) is 0. The van der Waals surface area contributed by atoms with Crippen molar-refractivity contribution in [2.24, 2.45) is 0 Å². The fourth-order valence-corrected chi connectivity index (χ4v) is 1.47. The monoisotopic (exact) mass is 252 g/mol. The molecule has 5 nitrogen and oxygen atoms in total. The van der Waals surface area contributed by atoms with Crippen LogP contribution in [0.25, 0.3) is 0 Å². The van der Waals surface area contributed by atoms with E-state index in [1.165, 1.54) is 12.1 Å². The van der Waals surface area contributed by atoms with Gasteiger partial charge in [-0.1, -0.05) is 6.07 Å². The Morgan fingerprint density at radius 3 is 2.50 bits per heavy atom. The van der Waals surface area contributed by atoms with Gasteiger partial charge in [0, 0.05) is 24.2 Å². The molecule has 0 saturated heterocycles. The molecule has 0 aromatic heterocycles. The molecule has 1 atom stereocenters. The summed E-state index contributed by atoms with van der Waals surface area (Å²) in [4.78, 5) is 11.6. The standard InChI is InChI=1S/C13H20N2O3/c1-8(2)15-13(18)9(3)14-7-10-4-5-11(16)6-12(10)17/h4-6,8-9,14,16-17H,7H2,1-3H3,(H,15,18). The zero-order chi connectivity index (χ0) is 13.7. The number of carbonyl (C=O) groups excluding carboxylic acids is 1. The largest absolute Gasteiger partial charge is 0.508 e. The summed E-state index contributed by atoms with van der Waals surface area (Å²) in [5.74, 6) is -0.0518. The summed E-state index contributed by atoms with van der Waals surface area (Å²) < 4.78 is 0. The van der Waals surface area contributed by atoms with Crippen LogP contribution in [0.1, 0.15) is 26.3 Å². The fraction of sp³-hybridized carbons (Fsp3) is 0.462. The third-order valence-corrected chi connectivity index (χ3v) is 2.49. The van der Waals surface area contributed by atoms with Crippen molar-refractivity contribution in [2.75, 3.05) is 0 Å². The lowest BCUT2D eigenvalue weighted by Crippen LogP contribution is -2.44. The van der Waals surface area contributed by atoms with Crippen molar-refractivity contribution < 1.29 is 15.0 Å². The van der Waals surface area contributed by atoms with Crippen LogP contribution >= 0.6 is 0 Å². The van der Waals surface area contributed by atoms with E-state index in [0.717, 1.165) is 0 Å². The van der Waals surface area contributed by atoms with Crippen LogP contribution in [0.5, 0.6) is 11.5 Å². The number of nitrogens with one attached hydrogen (secondary N) is 2. The third kappa shape index (κ3) is 4.25. The van der Waals surface area contributed by atoms with Crippen molar-refractivity contribution in [3.63, 3.8) is 0 Å². The van der Waals surface area contributed by atoms with E-state index in [0.29, 0.717) is 12.1 Å². The van der Waals surface area contributed by atoms with Crippen LogP contribution < -0.4 is 10.6 Å². The number of rotatable bonds is 5. The van der Waals surface area contributed by atoms with Gasteiger partial charge in [-0.2, -0.15) is 0 Å². The van der Waals surface area contributed by atoms with Gasteiger partial charge in [-0.25, -0.2) is 0 Å². The molecule has 0 bridgehead atoms. The van der Waals surface area contributed by atoms with Crippen molar-refractivity contribution in [2.45, 2.75) is 39.4 Å². The summed E-state index contributed by atoms with van der Waals surface area (Å²) in [5, 5.41) is 24.6. The maximum absolute atomic E-state index is 11.6. The molecule has 0 saturated carbocycles. The van der Waals surface area contributed by atoms with Gasteiger partial charge in [0.05, 0.1) is 6.04 Å². The Morgan fingerprint density at radius 1 is 1.28 bits per heavy atom. The van der Waals surface area contributed by atoms with Gasteiger partial charge in [0.1, 0.15) is 11.5 Å². The van der Waals surface area contributed by atoms with Crippen molar-refractivity contribution in [1.29, 1.82) is 0 Å². The van der Waals surface area contributed by atoms with Gasteiger partial charge < -0.3 is 20.8 Å². The Kier molecular flexibility index (Phi) is 4.97. The van der Waals surface area contributed by atoms with Crippen LogP contribution in [0.4, 0.5) is 0 Å². The maximum Gasteiger partial charge on any atom is 0.237 e. The van der Waals surface area contributed by atoms with Crippen molar-refractivity contribution >= 4 is 5.91 Å². The van der Waals surface area contributed by atoms with E-state index in [2.05, 4.69) is 10.6 Å². The summed E-state index contributed by atoms with van der Waals surface area (Å²) >= 11 is 0. The molecule has 0 heterocycles. The number of aromatic hydroxyl groups is 2. The molecule has 1 amide bonds. The van der Waals surface area contributed by atoms with Gasteiger partial charge in [-0.05, 0) is 26.8 Å². The fourth-order valence-electron chi connectivity index (χ4n) is 1.47. The number of amides is 1. The van der Waals surface area contributed by atoms with Gasteiger partial charge >= 0.3 is 0 Å². The number of benzene rings is 1. The normalized spacial score (nSPS) is 12.4. The highest BCUT2D eigenvalue weighted by atomic mass is 16.3. The molecule has 1 aromatic rings. The molecule has 0 aliphatic rings. The summed E-state index contributed by atoms with van der Waals surface area (Å²) in [6.45, 7) is 5.92. The lowest BCUT2D eigenvalue weighted by Gasteiger charge is -2.16. The minimum atomic E-state index is -0.347. The van der Waals surface area contributed by atoms with E-state index < -0.39 is 0 Å². The Balaban J connectivity index is 2.52. The van der Waals surface area contributed by atoms with Gasteiger partial charge in [-0.15, -0.1) is 0 Å². The lowest BCUT2D eigenvalue weighted by molar-refractivity contribution is -0.123. The van der Waals surface area contributed by atoms with Crippen molar-refractivity contribution in [3.8, 4) is 11.5 Å². The summed E-state index contributed by atoms with van der Waals surface area (Å²) in [6, 6.07) is 4.14. The highest BCUT2D eigenvalue weighted by Crippen LogP contribution is 2.22. The molecular weight excluding hydrogens is 232 g/mol. The van der Waals surface area contributed by atoms with E-state index in [1.807, 2.05) is 13.8 Å². The first kappa shape index (κ1) is 14.3. The first-order valence-electron chi connectivity index (χ1n) is 5.94. The van der Waals surface area contributed by atoms with Crippen molar-refractivity contribution in [1.82, 2.24) is 10.6 Å². The smallest absolute Gasteiger partial charge is 0.237 e. The topological polar surface area (TPSA) is 81.6 Å². The molecule has 0 radical (unpaired) electrons. The van der Waals surface area contributed by atoms with Crippen LogP contribution in [0.3, 0.4) is 0 Å². The van der Waals surface area contributed by atoms with E-state index >= 15 is 0 Å². The van der Waals surface area contributed by atoms with Gasteiger partial charge in [0.15, 0.2) is 0 Å². The molecule has 1 unspecified atom stereocenters. The maximum atomic E-state index is 11.6. The molecule has 1 aromatic carbocycles. The average Bonchev–Trinajstić information content (AvgIpc) is 2.26. The molecular formula is C13H20N2O3. The van der Waals surface area contributed by atoms with Gasteiger partial charge in [-0.3, -0.25) is 4.79 Å². The van der Waals surface area contributed by atoms with Crippen molar-refractivity contribution in [3.05, 3.63) is 23.8 Å². The Morgan fingerprint density at radius 2 is 1.94 bits per heavy atom. The SMILES string of the molecule is CC(C)NC(=O)C(C)NCc1ccc(O)cc1O. The molecule has 0 aliphatic carbocycles. The summed E-state index contributed by atoms with van der Waals surface area (Å²) in [7, 11) is 0. The minimum Gasteiger partial charge on any atom is -0.508 e. The van der Waals surface area contributed by atoms with Crippen LogP contribution in [0.15, 0.2) is 18.2 Å². The molecule has 0 spiro atoms. The van der Waals surface area contributed by atoms with Crippen LogP contribution in [0, 0.1) is 0 Å². The third-order valence-electron chi connectivity index (χ3n) is 2.49. The Labute approximate surface area is 107 Å². The predicted octanol–water partition coefficient (Wildman–Crippen LogP) is 1.10. The lowest BCUT2D eigenvalue weighted by atomic mass is 10.1. The molecule has 5 heteroatoms. The number of hydrogen-bond acceptors (Lipinski definition) is 4. The Bertz CT molecular complexity index is 419. The second-order valence-corrected chi connectivity index (χ2v) is 4.58. The van der Waals surface area contributed by atoms with Crippen LogP contribution in [-0.4, -0.2) is 28.2 Å². The first-order chi connectivity index (χ1) is 8.40.